The Labute approximate surface area is 164 Å². The smallest absolute Gasteiger partial charge is 0.318 e. The van der Waals surface area contributed by atoms with E-state index in [1.807, 2.05) is 54.6 Å². The number of ether oxygens (including phenoxy) is 2. The van der Waals surface area contributed by atoms with Crippen molar-refractivity contribution in [3.63, 3.8) is 0 Å². The molecule has 0 fully saturated rings. The van der Waals surface area contributed by atoms with E-state index in [1.54, 1.807) is 14.2 Å². The first-order valence-electron chi connectivity index (χ1n) is 9.04. The van der Waals surface area contributed by atoms with Crippen molar-refractivity contribution in [2.75, 3.05) is 26.1 Å². The molecule has 3 aromatic rings. The largest absolute Gasteiger partial charge is 0.497 e. The van der Waals surface area contributed by atoms with Gasteiger partial charge in [-0.25, -0.2) is 0 Å². The molecular weight excluding hydrogens is 354 g/mol. The summed E-state index contributed by atoms with van der Waals surface area (Å²) < 4.78 is 10.4. The van der Waals surface area contributed by atoms with E-state index in [9.17, 15) is 4.79 Å². The van der Waals surface area contributed by atoms with Crippen molar-refractivity contribution in [1.29, 1.82) is 0 Å². The van der Waals surface area contributed by atoms with E-state index >= 15 is 0 Å². The maximum atomic E-state index is 10.6. The van der Waals surface area contributed by atoms with Crippen LogP contribution < -0.4 is 14.8 Å². The van der Waals surface area contributed by atoms with Crippen molar-refractivity contribution in [3.8, 4) is 23.0 Å². The van der Waals surface area contributed by atoms with Crippen LogP contribution in [0.4, 0.5) is 5.82 Å². The van der Waals surface area contributed by atoms with Crippen molar-refractivity contribution < 1.29 is 14.3 Å². The van der Waals surface area contributed by atoms with Crippen LogP contribution in [0.15, 0.2) is 54.6 Å². The number of carbonyl (C=O) groups is 1. The number of aldehydes is 1. The molecule has 144 valence electrons. The molecule has 0 radical (unpaired) electrons. The van der Waals surface area contributed by atoms with Crippen LogP contribution in [0.5, 0.6) is 11.8 Å². The second-order valence-corrected chi connectivity index (χ2v) is 6.22. The zero-order valence-corrected chi connectivity index (χ0v) is 16.0. The standard InChI is InChI=1S/C22H23N3O3/c1-27-19-9-5-16(6-10-19)11-13-23-21-15-20(24-22(25-21)28-2)18-7-3-17(4-8-18)12-14-26/h3-10,14-15H,11-13H2,1-2H3,(H,23,24,25). The molecule has 0 saturated carbocycles. The summed E-state index contributed by atoms with van der Waals surface area (Å²) in [6.07, 6.45) is 2.16. The molecule has 0 bridgehead atoms. The molecule has 2 aromatic carbocycles. The highest BCUT2D eigenvalue weighted by atomic mass is 16.5. The number of hydrogen-bond donors (Lipinski definition) is 1. The van der Waals surface area contributed by atoms with E-state index in [2.05, 4.69) is 15.3 Å². The van der Waals surface area contributed by atoms with E-state index in [0.717, 1.165) is 41.8 Å². The summed E-state index contributed by atoms with van der Waals surface area (Å²) >= 11 is 0. The lowest BCUT2D eigenvalue weighted by Gasteiger charge is -2.10. The van der Waals surface area contributed by atoms with Crippen LogP contribution in [0.1, 0.15) is 11.1 Å². The summed E-state index contributed by atoms with van der Waals surface area (Å²) in [6, 6.07) is 18.0. The second kappa shape index (κ2) is 9.50. The average molecular weight is 377 g/mol. The number of aromatic nitrogens is 2. The van der Waals surface area contributed by atoms with Crippen LogP contribution in [0, 0.1) is 0 Å². The van der Waals surface area contributed by atoms with Crippen molar-refractivity contribution >= 4 is 12.1 Å². The Kier molecular flexibility index (Phi) is 6.57. The Balaban J connectivity index is 1.70. The molecule has 3 rings (SSSR count). The number of hydrogen-bond acceptors (Lipinski definition) is 6. The summed E-state index contributed by atoms with van der Waals surface area (Å²) in [7, 11) is 3.21. The van der Waals surface area contributed by atoms with Gasteiger partial charge in [-0.1, -0.05) is 36.4 Å². The van der Waals surface area contributed by atoms with Crippen molar-refractivity contribution in [3.05, 3.63) is 65.7 Å². The number of benzene rings is 2. The van der Waals surface area contributed by atoms with Gasteiger partial charge in [0, 0.05) is 24.6 Å². The van der Waals surface area contributed by atoms with Crippen LogP contribution in [0.3, 0.4) is 0 Å². The summed E-state index contributed by atoms with van der Waals surface area (Å²) in [5.74, 6) is 1.55. The lowest BCUT2D eigenvalue weighted by Crippen LogP contribution is -2.08. The molecule has 0 unspecified atom stereocenters. The zero-order valence-electron chi connectivity index (χ0n) is 16.0. The van der Waals surface area contributed by atoms with Crippen LogP contribution in [0.25, 0.3) is 11.3 Å². The summed E-state index contributed by atoms with van der Waals surface area (Å²) in [4.78, 5) is 19.4. The quantitative estimate of drug-likeness (QED) is 0.575. The van der Waals surface area contributed by atoms with E-state index < -0.39 is 0 Å². The predicted octanol–water partition coefficient (Wildman–Crippen LogP) is 3.56. The molecule has 0 aliphatic rings. The molecule has 0 atom stereocenters. The average Bonchev–Trinajstić information content (AvgIpc) is 2.75. The fourth-order valence-corrected chi connectivity index (χ4v) is 2.79. The van der Waals surface area contributed by atoms with Gasteiger partial charge in [0.2, 0.25) is 0 Å². The highest BCUT2D eigenvalue weighted by molar-refractivity contribution is 5.64. The van der Waals surface area contributed by atoms with Crippen LogP contribution in [0.2, 0.25) is 0 Å². The molecule has 0 spiro atoms. The van der Waals surface area contributed by atoms with Crippen molar-refractivity contribution in [2.45, 2.75) is 12.8 Å². The number of carbonyl (C=O) groups excluding carboxylic acids is 1. The van der Waals surface area contributed by atoms with Gasteiger partial charge >= 0.3 is 6.01 Å². The zero-order chi connectivity index (χ0) is 19.8. The Bertz CT molecular complexity index is 909. The number of rotatable bonds is 9. The van der Waals surface area contributed by atoms with Crippen LogP contribution in [-0.4, -0.2) is 37.0 Å². The molecule has 0 amide bonds. The fourth-order valence-electron chi connectivity index (χ4n) is 2.79. The summed E-state index contributed by atoms with van der Waals surface area (Å²) in [6.45, 7) is 0.726. The van der Waals surface area contributed by atoms with Gasteiger partial charge in [-0.15, -0.1) is 0 Å². The Morgan fingerprint density at radius 3 is 2.29 bits per heavy atom. The Morgan fingerprint density at radius 2 is 1.64 bits per heavy atom. The van der Waals surface area contributed by atoms with Gasteiger partial charge in [-0.05, 0) is 29.7 Å². The van der Waals surface area contributed by atoms with Crippen molar-refractivity contribution in [1.82, 2.24) is 9.97 Å². The Hall–Kier alpha value is -3.41. The first-order chi connectivity index (χ1) is 13.7. The highest BCUT2D eigenvalue weighted by Crippen LogP contribution is 2.23. The van der Waals surface area contributed by atoms with Gasteiger partial charge in [-0.2, -0.15) is 9.97 Å². The normalized spacial score (nSPS) is 10.4. The van der Waals surface area contributed by atoms with E-state index in [0.29, 0.717) is 18.2 Å². The molecule has 6 nitrogen and oxygen atoms in total. The molecule has 1 N–H and O–H groups in total. The first kappa shape index (κ1) is 19.4. The van der Waals surface area contributed by atoms with E-state index in [-0.39, 0.29) is 0 Å². The van der Waals surface area contributed by atoms with Gasteiger partial charge in [0.25, 0.3) is 0 Å². The minimum absolute atomic E-state index is 0.307. The third-order valence-corrected chi connectivity index (χ3v) is 4.34. The maximum absolute atomic E-state index is 10.6. The monoisotopic (exact) mass is 377 g/mol. The van der Waals surface area contributed by atoms with Crippen molar-refractivity contribution in [2.24, 2.45) is 0 Å². The maximum Gasteiger partial charge on any atom is 0.318 e. The summed E-state index contributed by atoms with van der Waals surface area (Å²) in [5.41, 5.74) is 3.88. The molecule has 28 heavy (non-hydrogen) atoms. The third kappa shape index (κ3) is 5.07. The minimum Gasteiger partial charge on any atom is -0.497 e. The SMILES string of the molecule is COc1ccc(CCNc2cc(-c3ccc(CC=O)cc3)nc(OC)n2)cc1. The molecule has 0 saturated heterocycles. The minimum atomic E-state index is 0.307. The third-order valence-electron chi connectivity index (χ3n) is 4.34. The van der Waals surface area contributed by atoms with Gasteiger partial charge in [0.15, 0.2) is 0 Å². The van der Waals surface area contributed by atoms with Crippen LogP contribution >= 0.6 is 0 Å². The fraction of sp³-hybridized carbons (Fsp3) is 0.227. The molecule has 0 aliphatic carbocycles. The molecule has 6 heteroatoms. The molecule has 1 aromatic heterocycles. The lowest BCUT2D eigenvalue weighted by atomic mass is 10.1. The number of methoxy groups -OCH3 is 2. The predicted molar refractivity (Wildman–Crippen MR) is 109 cm³/mol. The topological polar surface area (TPSA) is 73.3 Å². The lowest BCUT2D eigenvalue weighted by molar-refractivity contribution is -0.107. The number of nitrogens with zero attached hydrogens (tertiary/aromatic N) is 2. The van der Waals surface area contributed by atoms with Gasteiger partial charge < -0.3 is 19.6 Å². The number of anilines is 1. The Morgan fingerprint density at radius 1 is 0.929 bits per heavy atom. The van der Waals surface area contributed by atoms with Gasteiger partial charge in [0.05, 0.1) is 19.9 Å². The first-order valence-corrected chi connectivity index (χ1v) is 9.04. The number of nitrogens with one attached hydrogen (secondary N) is 1. The molecular formula is C22H23N3O3. The summed E-state index contributed by atoms with van der Waals surface area (Å²) in [5, 5.41) is 3.33. The highest BCUT2D eigenvalue weighted by Gasteiger charge is 2.07. The van der Waals surface area contributed by atoms with E-state index in [4.69, 9.17) is 9.47 Å². The molecule has 1 heterocycles. The van der Waals surface area contributed by atoms with Gasteiger partial charge in [0.1, 0.15) is 17.9 Å². The van der Waals surface area contributed by atoms with Crippen LogP contribution in [-0.2, 0) is 17.6 Å². The molecule has 0 aliphatic heterocycles. The van der Waals surface area contributed by atoms with E-state index in [1.165, 1.54) is 5.56 Å². The second-order valence-electron chi connectivity index (χ2n) is 6.22. The van der Waals surface area contributed by atoms with Gasteiger partial charge in [-0.3, -0.25) is 0 Å².